The van der Waals surface area contributed by atoms with E-state index < -0.39 is 0 Å². The molecule has 1 amide bonds. The van der Waals surface area contributed by atoms with Gasteiger partial charge in [-0.05, 0) is 24.0 Å². The molecular weight excluding hydrogens is 242 g/mol. The van der Waals surface area contributed by atoms with Gasteiger partial charge in [-0.15, -0.1) is 10.2 Å². The maximum atomic E-state index is 11.7. The van der Waals surface area contributed by atoms with E-state index in [0.717, 1.165) is 0 Å². The van der Waals surface area contributed by atoms with Gasteiger partial charge >= 0.3 is 0 Å². The van der Waals surface area contributed by atoms with Gasteiger partial charge in [-0.3, -0.25) is 4.79 Å². The molecule has 0 bridgehead atoms. The maximum absolute atomic E-state index is 11.7. The number of aliphatic hydroxyl groups is 1. The average Bonchev–Trinajstić information content (AvgIpc) is 2.27. The molecule has 0 aliphatic carbocycles. The smallest absolute Gasteiger partial charge is 0.271 e. The Kier molecular flexibility index (Phi) is 4.84. The van der Waals surface area contributed by atoms with Crippen LogP contribution in [0.2, 0.25) is 5.15 Å². The van der Waals surface area contributed by atoms with Gasteiger partial charge in [0.2, 0.25) is 0 Å². The summed E-state index contributed by atoms with van der Waals surface area (Å²) in [6.45, 7) is 4.51. The van der Waals surface area contributed by atoms with Gasteiger partial charge in [0, 0.05) is 13.2 Å². The largest absolute Gasteiger partial charge is 0.396 e. The second-order valence-corrected chi connectivity index (χ2v) is 4.95. The van der Waals surface area contributed by atoms with Crippen molar-refractivity contribution in [1.29, 1.82) is 0 Å². The van der Waals surface area contributed by atoms with Crippen LogP contribution in [0.25, 0.3) is 0 Å². The van der Waals surface area contributed by atoms with Crippen LogP contribution in [0.1, 0.15) is 30.8 Å². The number of rotatable bonds is 5. The molecule has 0 aromatic carbocycles. The molecule has 0 aliphatic heterocycles. The highest BCUT2D eigenvalue weighted by Crippen LogP contribution is 2.18. The second-order valence-electron chi connectivity index (χ2n) is 4.56. The first-order valence-corrected chi connectivity index (χ1v) is 5.71. The van der Waals surface area contributed by atoms with Crippen molar-refractivity contribution in [3.8, 4) is 0 Å². The molecule has 0 spiro atoms. The van der Waals surface area contributed by atoms with Gasteiger partial charge in [-0.1, -0.05) is 25.4 Å². The fourth-order valence-electron chi connectivity index (χ4n) is 1.24. The molecule has 1 rings (SSSR count). The van der Waals surface area contributed by atoms with Crippen molar-refractivity contribution in [2.75, 3.05) is 13.2 Å². The first kappa shape index (κ1) is 13.9. The van der Waals surface area contributed by atoms with Crippen LogP contribution in [0.5, 0.6) is 0 Å². The summed E-state index contributed by atoms with van der Waals surface area (Å²) in [6.07, 6.45) is 0.625. The number of aliphatic hydroxyl groups excluding tert-OH is 1. The minimum atomic E-state index is -0.291. The molecule has 1 heterocycles. The monoisotopic (exact) mass is 257 g/mol. The molecule has 0 saturated carbocycles. The van der Waals surface area contributed by atoms with Gasteiger partial charge in [-0.25, -0.2) is 0 Å². The van der Waals surface area contributed by atoms with Crippen LogP contribution in [0.4, 0.5) is 0 Å². The summed E-state index contributed by atoms with van der Waals surface area (Å²) in [4.78, 5) is 11.7. The molecule has 1 aromatic rings. The van der Waals surface area contributed by atoms with E-state index in [9.17, 15) is 4.79 Å². The summed E-state index contributed by atoms with van der Waals surface area (Å²) in [7, 11) is 0. The van der Waals surface area contributed by atoms with E-state index in [-0.39, 0.29) is 28.8 Å². The Morgan fingerprint density at radius 2 is 2.18 bits per heavy atom. The Morgan fingerprint density at radius 3 is 2.71 bits per heavy atom. The molecule has 0 atom stereocenters. The van der Waals surface area contributed by atoms with Crippen LogP contribution in [-0.2, 0) is 0 Å². The van der Waals surface area contributed by atoms with Crippen molar-refractivity contribution in [2.45, 2.75) is 20.3 Å². The molecule has 94 valence electrons. The molecule has 0 radical (unpaired) electrons. The lowest BCUT2D eigenvalue weighted by Crippen LogP contribution is -2.35. The Bertz CT molecular complexity index is 379. The fourth-order valence-corrected chi connectivity index (χ4v) is 1.34. The molecule has 0 fully saturated rings. The van der Waals surface area contributed by atoms with Crippen LogP contribution >= 0.6 is 11.6 Å². The molecule has 0 unspecified atom stereocenters. The number of hydrogen-bond acceptors (Lipinski definition) is 4. The number of nitrogens with one attached hydrogen (secondary N) is 1. The van der Waals surface area contributed by atoms with Crippen molar-refractivity contribution in [2.24, 2.45) is 5.41 Å². The zero-order valence-corrected chi connectivity index (χ0v) is 10.7. The molecule has 1 aromatic heterocycles. The topological polar surface area (TPSA) is 75.1 Å². The Balaban J connectivity index is 2.53. The highest BCUT2D eigenvalue weighted by atomic mass is 35.5. The number of amides is 1. The van der Waals surface area contributed by atoms with E-state index in [1.807, 2.05) is 13.8 Å². The molecule has 2 N–H and O–H groups in total. The molecule has 0 saturated heterocycles. The van der Waals surface area contributed by atoms with E-state index in [1.165, 1.54) is 12.1 Å². The quantitative estimate of drug-likeness (QED) is 0.833. The van der Waals surface area contributed by atoms with Crippen molar-refractivity contribution in [3.63, 3.8) is 0 Å². The zero-order valence-electron chi connectivity index (χ0n) is 9.90. The predicted octanol–water partition coefficient (Wildman–Crippen LogP) is 1.27. The van der Waals surface area contributed by atoms with Gasteiger partial charge in [0.1, 0.15) is 0 Å². The van der Waals surface area contributed by atoms with Gasteiger partial charge in [0.05, 0.1) is 0 Å². The number of aromatic nitrogens is 2. The molecule has 6 heteroatoms. The lowest BCUT2D eigenvalue weighted by Gasteiger charge is -2.23. The van der Waals surface area contributed by atoms with Crippen molar-refractivity contribution in [1.82, 2.24) is 15.5 Å². The molecule has 5 nitrogen and oxygen atoms in total. The minimum absolute atomic E-state index is 0.101. The van der Waals surface area contributed by atoms with Crippen LogP contribution in [0.15, 0.2) is 12.1 Å². The average molecular weight is 258 g/mol. The number of halogens is 1. The predicted molar refractivity (Wildman–Crippen MR) is 64.9 cm³/mol. The van der Waals surface area contributed by atoms with E-state index in [1.54, 1.807) is 0 Å². The Labute approximate surface area is 105 Å². The maximum Gasteiger partial charge on any atom is 0.271 e. The third kappa shape index (κ3) is 4.66. The molecule has 0 aliphatic rings. The summed E-state index contributed by atoms with van der Waals surface area (Å²) >= 11 is 5.57. The summed E-state index contributed by atoms with van der Waals surface area (Å²) in [5.74, 6) is -0.291. The van der Waals surface area contributed by atoms with Crippen LogP contribution in [0.3, 0.4) is 0 Å². The first-order chi connectivity index (χ1) is 7.94. The van der Waals surface area contributed by atoms with Gasteiger partial charge in [0.15, 0.2) is 10.8 Å². The summed E-state index contributed by atoms with van der Waals surface area (Å²) < 4.78 is 0. The van der Waals surface area contributed by atoms with Crippen LogP contribution in [0, 0.1) is 5.41 Å². The SMILES string of the molecule is CC(C)(CCO)CNC(=O)c1ccc(Cl)nn1. The number of nitrogens with zero attached hydrogens (tertiary/aromatic N) is 2. The van der Waals surface area contributed by atoms with E-state index >= 15 is 0 Å². The lowest BCUT2D eigenvalue weighted by molar-refractivity contribution is 0.0922. The van der Waals surface area contributed by atoms with Gasteiger partial charge in [-0.2, -0.15) is 0 Å². The normalized spacial score (nSPS) is 11.3. The zero-order chi connectivity index (χ0) is 12.9. The lowest BCUT2D eigenvalue weighted by atomic mass is 9.90. The molecular formula is C11H16ClN3O2. The van der Waals surface area contributed by atoms with Crippen LogP contribution in [-0.4, -0.2) is 34.4 Å². The standard InChI is InChI=1S/C11H16ClN3O2/c1-11(2,5-6-16)7-13-10(17)8-3-4-9(12)15-14-8/h3-4,16H,5-7H2,1-2H3,(H,13,17). The highest BCUT2D eigenvalue weighted by Gasteiger charge is 2.19. The summed E-state index contributed by atoms with van der Waals surface area (Å²) in [5.41, 5.74) is 0.0822. The minimum Gasteiger partial charge on any atom is -0.396 e. The van der Waals surface area contributed by atoms with Gasteiger partial charge in [0.25, 0.3) is 5.91 Å². The Hall–Kier alpha value is -1.20. The van der Waals surface area contributed by atoms with Crippen molar-refractivity contribution in [3.05, 3.63) is 23.0 Å². The van der Waals surface area contributed by atoms with Gasteiger partial charge < -0.3 is 10.4 Å². The van der Waals surface area contributed by atoms with E-state index in [2.05, 4.69) is 15.5 Å². The third-order valence-electron chi connectivity index (χ3n) is 2.38. The van der Waals surface area contributed by atoms with E-state index in [4.69, 9.17) is 16.7 Å². The molecule has 17 heavy (non-hydrogen) atoms. The van der Waals surface area contributed by atoms with Crippen molar-refractivity contribution >= 4 is 17.5 Å². The number of carbonyl (C=O) groups excluding carboxylic acids is 1. The van der Waals surface area contributed by atoms with Crippen LogP contribution < -0.4 is 5.32 Å². The summed E-state index contributed by atoms with van der Waals surface area (Å²) in [5, 5.41) is 19.1. The second kappa shape index (κ2) is 5.93. The Morgan fingerprint density at radius 1 is 1.47 bits per heavy atom. The summed E-state index contributed by atoms with van der Waals surface area (Å²) in [6, 6.07) is 3.03. The third-order valence-corrected chi connectivity index (χ3v) is 2.58. The first-order valence-electron chi connectivity index (χ1n) is 5.33. The highest BCUT2D eigenvalue weighted by molar-refractivity contribution is 6.29. The fraction of sp³-hybridized carbons (Fsp3) is 0.545. The van der Waals surface area contributed by atoms with E-state index in [0.29, 0.717) is 13.0 Å². The van der Waals surface area contributed by atoms with Crippen molar-refractivity contribution < 1.29 is 9.90 Å². The number of carbonyl (C=O) groups is 1. The number of hydrogen-bond donors (Lipinski definition) is 2.